The number of hydrogen-bond donors (Lipinski definition) is 1. The number of thioether (sulfide) groups is 1. The Morgan fingerprint density at radius 2 is 1.89 bits per heavy atom. The molecule has 9 heteroatoms. The number of nitrogens with one attached hydrogen (secondary N) is 1. The summed E-state index contributed by atoms with van der Waals surface area (Å²) in [5.74, 6) is 0.656. The molecule has 27 heavy (non-hydrogen) atoms. The molecule has 0 radical (unpaired) electrons. The van der Waals surface area contributed by atoms with Gasteiger partial charge in [0.15, 0.2) is 9.84 Å². The Morgan fingerprint density at radius 3 is 2.63 bits per heavy atom. The minimum atomic E-state index is -3.39. The summed E-state index contributed by atoms with van der Waals surface area (Å²) >= 11 is 1.67. The van der Waals surface area contributed by atoms with Crippen LogP contribution in [0.5, 0.6) is 0 Å². The summed E-state index contributed by atoms with van der Waals surface area (Å²) in [6.07, 6.45) is 1.65. The fourth-order valence-corrected chi connectivity index (χ4v) is 3.74. The van der Waals surface area contributed by atoms with Crippen molar-refractivity contribution in [2.75, 3.05) is 17.3 Å². The summed E-state index contributed by atoms with van der Waals surface area (Å²) in [6, 6.07) is 15.7. The molecule has 0 atom stereocenters. The van der Waals surface area contributed by atoms with E-state index >= 15 is 0 Å². The van der Waals surface area contributed by atoms with Gasteiger partial charge in [-0.3, -0.25) is 10.1 Å². The zero-order valence-corrected chi connectivity index (χ0v) is 16.1. The third-order valence-electron chi connectivity index (χ3n) is 3.54. The van der Waals surface area contributed by atoms with Gasteiger partial charge in [0, 0.05) is 28.9 Å². The van der Waals surface area contributed by atoms with Crippen molar-refractivity contribution in [3.63, 3.8) is 0 Å². The molecule has 0 spiro atoms. The second-order valence-corrected chi connectivity index (χ2v) is 8.85. The van der Waals surface area contributed by atoms with Crippen LogP contribution in [-0.4, -0.2) is 36.5 Å². The molecule has 0 unspecified atom stereocenters. The van der Waals surface area contributed by atoms with Gasteiger partial charge in [-0.15, -0.1) is 16.9 Å². The van der Waals surface area contributed by atoms with Gasteiger partial charge in [0.25, 0.3) is 5.91 Å². The van der Waals surface area contributed by atoms with E-state index in [2.05, 4.69) is 15.5 Å². The first-order valence-corrected chi connectivity index (χ1v) is 10.9. The van der Waals surface area contributed by atoms with Gasteiger partial charge in [-0.05, 0) is 30.3 Å². The third kappa shape index (κ3) is 5.41. The number of sulfone groups is 1. The SMILES string of the molecule is CS(=O)(=O)c1cccc(C(=O)Nc2nnc(CCSc3ccccc3)o2)c1. The lowest BCUT2D eigenvalue weighted by molar-refractivity contribution is 0.102. The number of amides is 1. The van der Waals surface area contributed by atoms with Crippen LogP contribution < -0.4 is 5.32 Å². The molecule has 0 aliphatic rings. The van der Waals surface area contributed by atoms with Gasteiger partial charge < -0.3 is 4.42 Å². The van der Waals surface area contributed by atoms with E-state index < -0.39 is 15.7 Å². The van der Waals surface area contributed by atoms with Crippen LogP contribution in [0.25, 0.3) is 0 Å². The highest BCUT2D eigenvalue weighted by molar-refractivity contribution is 7.99. The molecule has 140 valence electrons. The van der Waals surface area contributed by atoms with E-state index in [1.54, 1.807) is 11.8 Å². The molecule has 1 N–H and O–H groups in total. The van der Waals surface area contributed by atoms with Crippen molar-refractivity contribution in [2.24, 2.45) is 0 Å². The molecule has 0 saturated carbocycles. The number of rotatable bonds is 7. The maximum absolute atomic E-state index is 12.3. The summed E-state index contributed by atoms with van der Waals surface area (Å²) in [6.45, 7) is 0. The maximum Gasteiger partial charge on any atom is 0.322 e. The van der Waals surface area contributed by atoms with Crippen molar-refractivity contribution in [3.05, 3.63) is 66.1 Å². The molecule has 3 aromatic rings. The summed E-state index contributed by atoms with van der Waals surface area (Å²) in [4.78, 5) is 13.5. The van der Waals surface area contributed by atoms with E-state index in [0.717, 1.165) is 16.9 Å². The summed E-state index contributed by atoms with van der Waals surface area (Å²) in [7, 11) is -3.39. The molecule has 0 aliphatic heterocycles. The van der Waals surface area contributed by atoms with Crippen LogP contribution in [0, 0.1) is 0 Å². The molecular weight excluding hydrogens is 386 g/mol. The molecule has 7 nitrogen and oxygen atoms in total. The molecular formula is C18H17N3O4S2. The molecule has 1 amide bonds. The molecule has 2 aromatic carbocycles. The number of aromatic nitrogens is 2. The first-order chi connectivity index (χ1) is 12.9. The number of aryl methyl sites for hydroxylation is 1. The standard InChI is InChI=1S/C18H17N3O4S2/c1-27(23,24)15-9-5-6-13(12-15)17(22)19-18-21-20-16(25-18)10-11-26-14-7-3-2-4-8-14/h2-9,12H,10-11H2,1H3,(H,19,21,22). The van der Waals surface area contributed by atoms with E-state index in [1.165, 1.54) is 24.3 Å². The van der Waals surface area contributed by atoms with Crippen molar-refractivity contribution in [3.8, 4) is 0 Å². The van der Waals surface area contributed by atoms with Crippen molar-refractivity contribution < 1.29 is 17.6 Å². The number of hydrogen-bond acceptors (Lipinski definition) is 7. The maximum atomic E-state index is 12.3. The highest BCUT2D eigenvalue weighted by Crippen LogP contribution is 2.19. The molecule has 0 bridgehead atoms. The van der Waals surface area contributed by atoms with Gasteiger partial charge in [0.05, 0.1) is 4.90 Å². The van der Waals surface area contributed by atoms with Crippen LogP contribution in [0.15, 0.2) is 68.8 Å². The van der Waals surface area contributed by atoms with E-state index in [-0.39, 0.29) is 16.5 Å². The van der Waals surface area contributed by atoms with Crippen molar-refractivity contribution >= 4 is 33.5 Å². The fraction of sp³-hybridized carbons (Fsp3) is 0.167. The van der Waals surface area contributed by atoms with Gasteiger partial charge in [0.1, 0.15) is 0 Å². The van der Waals surface area contributed by atoms with Gasteiger partial charge in [0.2, 0.25) is 5.89 Å². The Bertz CT molecular complexity index is 1030. The van der Waals surface area contributed by atoms with E-state index in [0.29, 0.717) is 12.3 Å². The van der Waals surface area contributed by atoms with E-state index in [4.69, 9.17) is 4.42 Å². The number of benzene rings is 2. The monoisotopic (exact) mass is 403 g/mol. The minimum absolute atomic E-state index is 0.0236. The van der Waals surface area contributed by atoms with Crippen LogP contribution in [0.1, 0.15) is 16.2 Å². The van der Waals surface area contributed by atoms with Crippen LogP contribution in [-0.2, 0) is 16.3 Å². The van der Waals surface area contributed by atoms with Crippen molar-refractivity contribution in [1.82, 2.24) is 10.2 Å². The first-order valence-electron chi connectivity index (χ1n) is 8.03. The van der Waals surface area contributed by atoms with Crippen LogP contribution in [0.4, 0.5) is 6.01 Å². The highest BCUT2D eigenvalue weighted by Gasteiger charge is 2.14. The average molecular weight is 403 g/mol. The van der Waals surface area contributed by atoms with Crippen molar-refractivity contribution in [1.29, 1.82) is 0 Å². The smallest absolute Gasteiger partial charge is 0.322 e. The van der Waals surface area contributed by atoms with Gasteiger partial charge in [-0.25, -0.2) is 8.42 Å². The summed E-state index contributed by atoms with van der Waals surface area (Å²) < 4.78 is 28.6. The first kappa shape index (κ1) is 19.1. The Balaban J connectivity index is 1.58. The highest BCUT2D eigenvalue weighted by atomic mass is 32.2. The molecule has 0 aliphatic carbocycles. The summed E-state index contributed by atoms with van der Waals surface area (Å²) in [5, 5.41) is 10.2. The normalized spacial score (nSPS) is 11.3. The summed E-state index contributed by atoms with van der Waals surface area (Å²) in [5.41, 5.74) is 0.192. The molecule has 1 heterocycles. The van der Waals surface area contributed by atoms with Crippen LogP contribution in [0.3, 0.4) is 0 Å². The number of anilines is 1. The van der Waals surface area contributed by atoms with E-state index in [9.17, 15) is 13.2 Å². The lowest BCUT2D eigenvalue weighted by Gasteiger charge is -2.03. The van der Waals surface area contributed by atoms with Gasteiger partial charge >= 0.3 is 6.01 Å². The van der Waals surface area contributed by atoms with Crippen molar-refractivity contribution in [2.45, 2.75) is 16.2 Å². The minimum Gasteiger partial charge on any atom is -0.408 e. The Kier molecular flexibility index (Phi) is 5.92. The Labute approximate surface area is 161 Å². The second-order valence-electron chi connectivity index (χ2n) is 5.67. The van der Waals surface area contributed by atoms with Gasteiger partial charge in [-0.1, -0.05) is 29.4 Å². The molecule has 0 fully saturated rings. The average Bonchev–Trinajstić information content (AvgIpc) is 3.09. The topological polar surface area (TPSA) is 102 Å². The lowest BCUT2D eigenvalue weighted by atomic mass is 10.2. The number of nitrogens with zero attached hydrogens (tertiary/aromatic N) is 2. The third-order valence-corrected chi connectivity index (χ3v) is 5.66. The second kappa shape index (κ2) is 8.36. The Hall–Kier alpha value is -2.65. The zero-order valence-electron chi connectivity index (χ0n) is 14.5. The quantitative estimate of drug-likeness (QED) is 0.605. The Morgan fingerprint density at radius 1 is 1.11 bits per heavy atom. The van der Waals surface area contributed by atoms with Crippen LogP contribution >= 0.6 is 11.8 Å². The molecule has 1 aromatic heterocycles. The molecule has 0 saturated heterocycles. The number of carbonyl (C=O) groups excluding carboxylic acids is 1. The largest absolute Gasteiger partial charge is 0.408 e. The number of carbonyl (C=O) groups is 1. The van der Waals surface area contributed by atoms with E-state index in [1.807, 2.05) is 30.3 Å². The fourth-order valence-electron chi connectivity index (χ4n) is 2.22. The van der Waals surface area contributed by atoms with Crippen LogP contribution in [0.2, 0.25) is 0 Å². The predicted molar refractivity (Wildman–Crippen MR) is 103 cm³/mol. The predicted octanol–water partition coefficient (Wildman–Crippen LogP) is 3.06. The van der Waals surface area contributed by atoms with Gasteiger partial charge in [-0.2, -0.15) is 0 Å². The lowest BCUT2D eigenvalue weighted by Crippen LogP contribution is -2.13. The molecule has 3 rings (SSSR count). The zero-order chi connectivity index (χ0) is 19.3.